The van der Waals surface area contributed by atoms with Crippen LogP contribution < -0.4 is 4.90 Å². The molecule has 2 fully saturated rings. The van der Waals surface area contributed by atoms with Crippen molar-refractivity contribution in [2.24, 2.45) is 5.92 Å². The highest BCUT2D eigenvalue weighted by atomic mass is 32.1. The molecule has 2 heterocycles. The maximum absolute atomic E-state index is 4.80. The van der Waals surface area contributed by atoms with Gasteiger partial charge in [0, 0.05) is 35.6 Å². The fourth-order valence-corrected chi connectivity index (χ4v) is 3.89. The number of aromatic nitrogens is 3. The molecule has 6 heteroatoms. The first kappa shape index (κ1) is 12.7. The van der Waals surface area contributed by atoms with Gasteiger partial charge in [0.1, 0.15) is 10.8 Å². The Labute approximate surface area is 127 Å². The minimum absolute atomic E-state index is 0.627. The van der Waals surface area contributed by atoms with E-state index in [2.05, 4.69) is 14.3 Å². The van der Waals surface area contributed by atoms with Crippen LogP contribution >= 0.6 is 22.9 Å². The predicted molar refractivity (Wildman–Crippen MR) is 82.4 cm³/mol. The molecule has 2 aromatic rings. The van der Waals surface area contributed by atoms with Crippen LogP contribution in [0.15, 0.2) is 11.6 Å². The molecule has 0 amide bonds. The number of nitrogens with zero attached hydrogens (tertiary/aromatic N) is 4. The second-order valence-electron chi connectivity index (χ2n) is 5.81. The second kappa shape index (κ2) is 5.41. The van der Waals surface area contributed by atoms with Gasteiger partial charge < -0.3 is 4.90 Å². The van der Waals surface area contributed by atoms with Crippen LogP contribution in [0.3, 0.4) is 0 Å². The van der Waals surface area contributed by atoms with Crippen molar-refractivity contribution in [2.75, 3.05) is 11.4 Å². The Bertz CT molecular complexity index is 558. The zero-order chi connectivity index (χ0) is 13.4. The van der Waals surface area contributed by atoms with Crippen molar-refractivity contribution in [1.82, 2.24) is 14.3 Å². The molecule has 20 heavy (non-hydrogen) atoms. The number of hydrogen-bond donors (Lipinski definition) is 0. The minimum atomic E-state index is 0.627. The van der Waals surface area contributed by atoms with Crippen LogP contribution in [0.4, 0.5) is 5.13 Å². The van der Waals surface area contributed by atoms with Gasteiger partial charge in [0.25, 0.3) is 0 Å². The molecule has 4 nitrogen and oxygen atoms in total. The van der Waals surface area contributed by atoms with Gasteiger partial charge in [0.2, 0.25) is 5.13 Å². The van der Waals surface area contributed by atoms with E-state index in [1.165, 1.54) is 37.1 Å². The first-order valence-electron chi connectivity index (χ1n) is 7.35. The average Bonchev–Trinajstić information content (AvgIpc) is 2.88. The van der Waals surface area contributed by atoms with Crippen molar-refractivity contribution < 1.29 is 0 Å². The van der Waals surface area contributed by atoms with Crippen LogP contribution in [0.1, 0.15) is 48.9 Å². The molecular weight excluding hydrogens is 288 g/mol. The number of hydrogen-bond acceptors (Lipinski definition) is 6. The van der Waals surface area contributed by atoms with Gasteiger partial charge in [-0.2, -0.15) is 4.37 Å². The summed E-state index contributed by atoms with van der Waals surface area (Å²) in [6.45, 7) is 1.99. The molecule has 0 unspecified atom stereocenters. The average molecular weight is 306 g/mol. The number of rotatable bonds is 6. The zero-order valence-corrected chi connectivity index (χ0v) is 13.0. The highest BCUT2D eigenvalue weighted by Crippen LogP contribution is 2.37. The fraction of sp³-hybridized carbons (Fsp3) is 0.643. The highest BCUT2D eigenvalue weighted by Gasteiger charge is 2.28. The van der Waals surface area contributed by atoms with E-state index < -0.39 is 0 Å². The lowest BCUT2D eigenvalue weighted by Gasteiger charge is -2.22. The Hall–Kier alpha value is -1.01. The van der Waals surface area contributed by atoms with E-state index in [4.69, 9.17) is 4.98 Å². The molecule has 2 aliphatic rings. The first-order chi connectivity index (χ1) is 9.88. The summed E-state index contributed by atoms with van der Waals surface area (Å²) < 4.78 is 4.59. The summed E-state index contributed by atoms with van der Waals surface area (Å²) in [6.07, 6.45) is 8.49. The smallest absolute Gasteiger partial charge is 0.205 e. The summed E-state index contributed by atoms with van der Waals surface area (Å²) in [6, 6.07) is 0. The second-order valence-corrected chi connectivity index (χ2v) is 7.52. The first-order valence-corrected chi connectivity index (χ1v) is 9.01. The molecule has 2 aromatic heterocycles. The Morgan fingerprint density at radius 3 is 2.80 bits per heavy atom. The third-order valence-electron chi connectivity index (χ3n) is 4.16. The Kier molecular flexibility index (Phi) is 3.44. The summed E-state index contributed by atoms with van der Waals surface area (Å²) in [7, 11) is 0. The largest absolute Gasteiger partial charge is 0.340 e. The predicted octanol–water partition coefficient (Wildman–Crippen LogP) is 3.68. The van der Waals surface area contributed by atoms with E-state index in [-0.39, 0.29) is 0 Å². The van der Waals surface area contributed by atoms with Gasteiger partial charge >= 0.3 is 0 Å². The summed E-state index contributed by atoms with van der Waals surface area (Å²) in [5.74, 6) is 2.56. The lowest BCUT2D eigenvalue weighted by atomic mass is 9.85. The standard InChI is InChI=1S/C14H18N4S2/c1-2-11(3-1)13-16-14(20-17-13)18(8-10-4-5-10)9-12-15-6-7-19-12/h6-7,10-11H,1-5,8-9H2. The van der Waals surface area contributed by atoms with E-state index in [0.29, 0.717) is 5.92 Å². The van der Waals surface area contributed by atoms with Crippen LogP contribution in [0, 0.1) is 5.92 Å². The molecular formula is C14H18N4S2. The van der Waals surface area contributed by atoms with Crippen molar-refractivity contribution in [3.63, 3.8) is 0 Å². The van der Waals surface area contributed by atoms with E-state index in [9.17, 15) is 0 Å². The quantitative estimate of drug-likeness (QED) is 0.816. The zero-order valence-electron chi connectivity index (χ0n) is 11.4. The van der Waals surface area contributed by atoms with Gasteiger partial charge in [-0.3, -0.25) is 0 Å². The van der Waals surface area contributed by atoms with Crippen LogP contribution in [0.5, 0.6) is 0 Å². The van der Waals surface area contributed by atoms with Gasteiger partial charge in [-0.15, -0.1) is 11.3 Å². The molecule has 0 spiro atoms. The topological polar surface area (TPSA) is 41.9 Å². The van der Waals surface area contributed by atoms with E-state index in [0.717, 1.165) is 30.0 Å². The van der Waals surface area contributed by atoms with Crippen LogP contribution in [0.2, 0.25) is 0 Å². The third-order valence-corrected chi connectivity index (χ3v) is 5.71. The van der Waals surface area contributed by atoms with Crippen LogP contribution in [-0.4, -0.2) is 20.9 Å². The molecule has 0 N–H and O–H groups in total. The normalized spacial score (nSPS) is 19.0. The Balaban J connectivity index is 1.51. The Morgan fingerprint density at radius 1 is 1.25 bits per heavy atom. The summed E-state index contributed by atoms with van der Waals surface area (Å²) >= 11 is 3.29. The Morgan fingerprint density at radius 2 is 2.15 bits per heavy atom. The summed E-state index contributed by atoms with van der Waals surface area (Å²) in [5.41, 5.74) is 0. The molecule has 2 saturated carbocycles. The molecule has 0 saturated heterocycles. The fourth-order valence-electron chi connectivity index (χ4n) is 2.50. The lowest BCUT2D eigenvalue weighted by Crippen LogP contribution is -2.25. The van der Waals surface area contributed by atoms with Gasteiger partial charge in [-0.05, 0) is 31.6 Å². The van der Waals surface area contributed by atoms with Crippen molar-refractivity contribution in [3.05, 3.63) is 22.4 Å². The minimum Gasteiger partial charge on any atom is -0.340 e. The number of thiazole rings is 1. The lowest BCUT2D eigenvalue weighted by molar-refractivity contribution is 0.405. The van der Waals surface area contributed by atoms with Crippen molar-refractivity contribution >= 4 is 28.0 Å². The van der Waals surface area contributed by atoms with Crippen LogP contribution in [0.25, 0.3) is 0 Å². The molecule has 0 aliphatic heterocycles. The molecule has 2 aliphatic carbocycles. The van der Waals surface area contributed by atoms with Gasteiger partial charge in [0.05, 0.1) is 6.54 Å². The third kappa shape index (κ3) is 2.72. The SMILES string of the molecule is c1csc(CN(CC2CC2)c2nc(C3CCC3)ns2)n1. The van der Waals surface area contributed by atoms with Crippen LogP contribution in [-0.2, 0) is 6.54 Å². The molecule has 106 valence electrons. The van der Waals surface area contributed by atoms with E-state index in [1.807, 2.05) is 11.6 Å². The van der Waals surface area contributed by atoms with Gasteiger partial charge in [0.15, 0.2) is 0 Å². The monoisotopic (exact) mass is 306 g/mol. The van der Waals surface area contributed by atoms with Crippen molar-refractivity contribution in [2.45, 2.75) is 44.6 Å². The molecule has 0 radical (unpaired) electrons. The maximum Gasteiger partial charge on any atom is 0.205 e. The van der Waals surface area contributed by atoms with Crippen molar-refractivity contribution in [3.8, 4) is 0 Å². The molecule has 0 aromatic carbocycles. The highest BCUT2D eigenvalue weighted by molar-refractivity contribution is 7.10. The molecule has 4 rings (SSSR count). The van der Waals surface area contributed by atoms with Gasteiger partial charge in [-0.1, -0.05) is 6.42 Å². The maximum atomic E-state index is 4.80. The summed E-state index contributed by atoms with van der Waals surface area (Å²) in [5, 5.41) is 4.31. The van der Waals surface area contributed by atoms with E-state index in [1.54, 1.807) is 22.9 Å². The van der Waals surface area contributed by atoms with Crippen molar-refractivity contribution in [1.29, 1.82) is 0 Å². The number of anilines is 1. The van der Waals surface area contributed by atoms with Gasteiger partial charge in [-0.25, -0.2) is 9.97 Å². The van der Waals surface area contributed by atoms with E-state index >= 15 is 0 Å². The molecule has 0 atom stereocenters. The molecule has 0 bridgehead atoms. The summed E-state index contributed by atoms with van der Waals surface area (Å²) in [4.78, 5) is 11.6.